The number of hydrogen-bond acceptors (Lipinski definition) is 1. The van der Waals surface area contributed by atoms with E-state index in [2.05, 4.69) is 93.0 Å². The lowest BCUT2D eigenvalue weighted by Crippen LogP contribution is -2.24. The van der Waals surface area contributed by atoms with E-state index in [-0.39, 0.29) is 11.2 Å². The molecular weight excluding hydrogens is 454 g/mol. The molecule has 0 bridgehead atoms. The van der Waals surface area contributed by atoms with Crippen molar-refractivity contribution in [3.8, 4) is 11.4 Å². The lowest BCUT2D eigenvalue weighted by atomic mass is 9.72. The molecule has 2 heterocycles. The molecule has 176 valence electrons. The van der Waals surface area contributed by atoms with Crippen LogP contribution in [0.4, 0.5) is 0 Å². The zero-order chi connectivity index (χ0) is 24.5. The van der Waals surface area contributed by atoms with E-state index in [4.69, 9.17) is 11.6 Å². The number of nitrogens with zero attached hydrogens (tertiary/aromatic N) is 3. The Kier molecular flexibility index (Phi) is 4.64. The van der Waals surface area contributed by atoms with Crippen molar-refractivity contribution >= 4 is 22.6 Å². The van der Waals surface area contributed by atoms with Crippen LogP contribution in [0.1, 0.15) is 49.9 Å². The van der Waals surface area contributed by atoms with Crippen LogP contribution >= 0.6 is 11.6 Å². The molecule has 0 aliphatic heterocycles. The second kappa shape index (κ2) is 7.43. The molecule has 35 heavy (non-hydrogen) atoms. The predicted molar refractivity (Wildman–Crippen MR) is 143 cm³/mol. The first-order valence-electron chi connectivity index (χ1n) is 11.9. The summed E-state index contributed by atoms with van der Waals surface area (Å²) in [5.74, 6) is 0.290. The second-order valence-corrected chi connectivity index (χ2v) is 10.8. The van der Waals surface area contributed by atoms with Gasteiger partial charge in [-0.25, -0.2) is 0 Å². The van der Waals surface area contributed by atoms with Crippen LogP contribution < -0.4 is 0 Å². The first-order chi connectivity index (χ1) is 16.7. The molecule has 2 aromatic heterocycles. The molecule has 0 spiro atoms. The van der Waals surface area contributed by atoms with Gasteiger partial charge < -0.3 is 5.11 Å². The number of fused-ring (bicyclic) bond motifs is 4. The normalized spacial score (nSPS) is 12.8. The molecule has 0 atom stereocenters. The number of benzene rings is 4. The Bertz CT molecular complexity index is 1650. The zero-order valence-corrected chi connectivity index (χ0v) is 21.1. The van der Waals surface area contributed by atoms with E-state index < -0.39 is 5.41 Å². The molecule has 0 fully saturated rings. The van der Waals surface area contributed by atoms with Gasteiger partial charge in [0.1, 0.15) is 22.5 Å². The summed E-state index contributed by atoms with van der Waals surface area (Å²) in [7, 11) is 0. The Labute approximate surface area is 209 Å². The molecule has 5 heteroatoms. The van der Waals surface area contributed by atoms with Crippen LogP contribution in [0.15, 0.2) is 91.0 Å². The van der Waals surface area contributed by atoms with Crippen molar-refractivity contribution in [3.05, 3.63) is 118 Å². The van der Waals surface area contributed by atoms with Crippen molar-refractivity contribution in [2.45, 2.75) is 38.5 Å². The molecular formula is C30H28ClN3O. The fourth-order valence-electron chi connectivity index (χ4n) is 5.16. The van der Waals surface area contributed by atoms with Gasteiger partial charge >= 0.3 is 0 Å². The minimum Gasteiger partial charge on any atom is -0.505 e. The molecule has 6 rings (SSSR count). The van der Waals surface area contributed by atoms with Gasteiger partial charge in [-0.3, -0.25) is 0 Å². The first-order valence-corrected chi connectivity index (χ1v) is 12.3. The van der Waals surface area contributed by atoms with E-state index in [9.17, 15) is 5.11 Å². The second-order valence-electron chi connectivity index (χ2n) is 10.4. The molecule has 1 N–H and O–H groups in total. The summed E-state index contributed by atoms with van der Waals surface area (Å²) in [6, 6.07) is 31.1. The first kappa shape index (κ1) is 21.9. The van der Waals surface area contributed by atoms with Crippen molar-refractivity contribution in [1.29, 1.82) is 0 Å². The summed E-state index contributed by atoms with van der Waals surface area (Å²) < 4.78 is 4.09. The van der Waals surface area contributed by atoms with Gasteiger partial charge in [-0.05, 0) is 41.0 Å². The fraction of sp³-hybridized carbons (Fsp3) is 0.200. The molecule has 0 aliphatic rings. The largest absolute Gasteiger partial charge is 0.505 e. The van der Waals surface area contributed by atoms with E-state index in [0.29, 0.717) is 5.02 Å². The van der Waals surface area contributed by atoms with Crippen molar-refractivity contribution in [2.75, 3.05) is 0 Å². The minimum atomic E-state index is -0.404. The molecule has 0 radical (unpaired) electrons. The summed E-state index contributed by atoms with van der Waals surface area (Å²) in [6.45, 7) is 8.83. The average Bonchev–Trinajstić information content (AvgIpc) is 3.52. The third-order valence-electron chi connectivity index (χ3n) is 7.57. The number of hydrogen-bond donors (Lipinski definition) is 1. The number of rotatable bonds is 5. The van der Waals surface area contributed by atoms with Gasteiger partial charge in [0.25, 0.3) is 0 Å². The van der Waals surface area contributed by atoms with Gasteiger partial charge in [-0.15, -0.1) is 14.1 Å². The Morgan fingerprint density at radius 1 is 0.629 bits per heavy atom. The predicted octanol–water partition coefficient (Wildman–Crippen LogP) is 7.43. The highest BCUT2D eigenvalue weighted by Gasteiger charge is 2.35. The van der Waals surface area contributed by atoms with E-state index >= 15 is 0 Å². The lowest BCUT2D eigenvalue weighted by Gasteiger charge is -2.32. The smallest absolute Gasteiger partial charge is 0.147 e. The number of aromatic hydroxyl groups is 1. The van der Waals surface area contributed by atoms with Crippen LogP contribution in [0.5, 0.6) is 5.75 Å². The Hall–Kier alpha value is -3.63. The van der Waals surface area contributed by atoms with Crippen molar-refractivity contribution in [2.24, 2.45) is 0 Å². The standard InChI is InChI=1S/C30H28ClN3O/c1-29(2,20-11-7-5-8-12-20)22-17-24(30(3,4)21-13-9-6-10-14-21)28(35)27(18-22)34-32-25-16-15-23(31)19-26(25)33(32)34/h5-19,35H,1-4H3. The molecule has 0 aliphatic carbocycles. The Morgan fingerprint density at radius 3 is 1.83 bits per heavy atom. The number of phenolic OH excluding ortho intramolecular Hbond substituents is 1. The maximum Gasteiger partial charge on any atom is 0.147 e. The van der Waals surface area contributed by atoms with Crippen LogP contribution in [0, 0.1) is 0 Å². The van der Waals surface area contributed by atoms with Gasteiger partial charge in [-0.1, -0.05) is 106 Å². The third kappa shape index (κ3) is 3.20. The van der Waals surface area contributed by atoms with Crippen molar-refractivity contribution in [1.82, 2.24) is 14.1 Å². The molecule has 4 nitrogen and oxygen atoms in total. The Morgan fingerprint density at radius 2 is 1.20 bits per heavy atom. The SMILES string of the molecule is CC(C)(c1ccccc1)c1cc(-n2n3c4ccc(Cl)cc4n23)c(O)c(C(C)(C)c2ccccc2)c1. The van der Waals surface area contributed by atoms with Crippen LogP contribution in [0.3, 0.4) is 0 Å². The maximum absolute atomic E-state index is 11.7. The number of phenols is 1. The quantitative estimate of drug-likeness (QED) is 0.273. The highest BCUT2D eigenvalue weighted by molar-refractivity contribution is 6.31. The third-order valence-corrected chi connectivity index (χ3v) is 7.80. The summed E-state index contributed by atoms with van der Waals surface area (Å²) in [6.07, 6.45) is 0. The van der Waals surface area contributed by atoms with E-state index in [1.807, 2.05) is 39.8 Å². The zero-order valence-electron chi connectivity index (χ0n) is 20.3. The highest BCUT2D eigenvalue weighted by Crippen LogP contribution is 2.45. The maximum atomic E-state index is 11.7. The van der Waals surface area contributed by atoms with E-state index in [1.165, 1.54) is 5.56 Å². The molecule has 0 amide bonds. The van der Waals surface area contributed by atoms with E-state index in [1.54, 1.807) is 0 Å². The van der Waals surface area contributed by atoms with Gasteiger partial charge in [0, 0.05) is 21.4 Å². The van der Waals surface area contributed by atoms with Gasteiger partial charge in [0.05, 0.1) is 0 Å². The van der Waals surface area contributed by atoms with Crippen LogP contribution in [0.2, 0.25) is 5.02 Å². The van der Waals surface area contributed by atoms with Gasteiger partial charge in [-0.2, -0.15) is 0 Å². The molecule has 0 unspecified atom stereocenters. The summed E-state index contributed by atoms with van der Waals surface area (Å²) >= 11 is 6.25. The molecule has 6 aromatic rings. The number of halogens is 1. The van der Waals surface area contributed by atoms with Crippen molar-refractivity contribution in [3.63, 3.8) is 0 Å². The number of aromatic nitrogens is 3. The highest BCUT2D eigenvalue weighted by atomic mass is 35.5. The van der Waals surface area contributed by atoms with Crippen molar-refractivity contribution < 1.29 is 5.11 Å². The van der Waals surface area contributed by atoms with Crippen LogP contribution in [-0.2, 0) is 10.8 Å². The lowest BCUT2D eigenvalue weighted by molar-refractivity contribution is 0.448. The van der Waals surface area contributed by atoms with Gasteiger partial charge in [0.15, 0.2) is 0 Å². The fourth-order valence-corrected chi connectivity index (χ4v) is 5.33. The monoisotopic (exact) mass is 481 g/mol. The minimum absolute atomic E-state index is 0.263. The summed E-state index contributed by atoms with van der Waals surface area (Å²) in [4.78, 5) is 2.02. The van der Waals surface area contributed by atoms with Gasteiger partial charge in [0.2, 0.25) is 0 Å². The topological polar surface area (TPSA) is 34.0 Å². The Balaban J connectivity index is 1.60. The van der Waals surface area contributed by atoms with Crippen LogP contribution in [0.25, 0.3) is 16.7 Å². The summed E-state index contributed by atoms with van der Waals surface area (Å²) in [5.41, 5.74) is 6.63. The molecule has 0 saturated carbocycles. The molecule has 0 saturated heterocycles. The molecule has 4 aromatic carbocycles. The van der Waals surface area contributed by atoms with Crippen LogP contribution in [-0.4, -0.2) is 19.2 Å². The summed E-state index contributed by atoms with van der Waals surface area (Å²) in [5, 5.41) is 12.4. The van der Waals surface area contributed by atoms with E-state index in [0.717, 1.165) is 33.4 Å². The average molecular weight is 482 g/mol.